The number of ether oxygens (including phenoxy) is 1. The lowest BCUT2D eigenvalue weighted by atomic mass is 9.83. The molecule has 1 aliphatic heterocycles. The molecule has 8 atom stereocenters. The molecule has 0 bridgehead atoms. The predicted molar refractivity (Wildman–Crippen MR) is 199 cm³/mol. The summed E-state index contributed by atoms with van der Waals surface area (Å²) in [5.41, 5.74) is 0.343. The molecule has 1 aromatic rings. The van der Waals surface area contributed by atoms with Crippen LogP contribution < -0.4 is 21.3 Å². The van der Waals surface area contributed by atoms with Crippen molar-refractivity contribution in [3.8, 4) is 0 Å². The number of nitrogens with one attached hydrogen (secondary N) is 4. The highest BCUT2D eigenvalue weighted by molar-refractivity contribution is 6.38. The zero-order valence-corrected chi connectivity index (χ0v) is 32.7. The van der Waals surface area contributed by atoms with E-state index in [1.54, 1.807) is 49.3 Å². The predicted octanol–water partition coefficient (Wildman–Crippen LogP) is 2.57. The second kappa shape index (κ2) is 16.9. The lowest BCUT2D eigenvalue weighted by molar-refractivity contribution is -0.145. The lowest BCUT2D eigenvalue weighted by Crippen LogP contribution is -2.60. The number of carbonyl (C=O) groups is 7. The summed E-state index contributed by atoms with van der Waals surface area (Å²) < 4.78 is 5.40. The molecule has 0 spiro atoms. The Labute approximate surface area is 318 Å². The third-order valence-electron chi connectivity index (χ3n) is 11.9. The summed E-state index contributed by atoms with van der Waals surface area (Å²) >= 11 is 0. The van der Waals surface area contributed by atoms with Gasteiger partial charge in [-0.1, -0.05) is 84.2 Å². The maximum absolute atomic E-state index is 14.4. The zero-order chi connectivity index (χ0) is 39.5. The lowest BCUT2D eigenvalue weighted by Gasteiger charge is -2.37. The van der Waals surface area contributed by atoms with Crippen LogP contribution in [0.15, 0.2) is 30.3 Å². The first-order chi connectivity index (χ1) is 25.5. The Morgan fingerprint density at radius 2 is 1.57 bits per heavy atom. The molecular weight excluding hydrogens is 692 g/mol. The SMILES string of the molecule is CC(C)COC(=O)N[C@H](C(=O)N1C[C@H]2[C@@H]([C@H]1C(=O)N[C@H](C(=O)C(=O)NCC(=O)NC(C(=O)N(C)C)c1ccccc1)[C@H]1C[C@@H]1C)C2(C)C)C1CCCCC1. The van der Waals surface area contributed by atoms with E-state index in [2.05, 4.69) is 35.1 Å². The molecule has 0 radical (unpaired) electrons. The van der Waals surface area contributed by atoms with Gasteiger partial charge >= 0.3 is 6.09 Å². The first-order valence-corrected chi connectivity index (χ1v) is 19.4. The summed E-state index contributed by atoms with van der Waals surface area (Å²) in [7, 11) is 3.14. The Morgan fingerprint density at radius 1 is 0.926 bits per heavy atom. The first kappa shape index (κ1) is 40.7. The number of alkyl carbamates (subject to hydrolysis) is 1. The quantitative estimate of drug-likeness (QED) is 0.197. The normalized spacial score (nSPS) is 25.6. The van der Waals surface area contributed by atoms with Crippen LogP contribution in [-0.2, 0) is 33.5 Å². The van der Waals surface area contributed by atoms with Crippen molar-refractivity contribution in [1.82, 2.24) is 31.1 Å². The fraction of sp³-hybridized carbons (Fsp3) is 0.675. The summed E-state index contributed by atoms with van der Waals surface area (Å²) in [5.74, 6) is -4.09. The van der Waals surface area contributed by atoms with Gasteiger partial charge < -0.3 is 35.8 Å². The van der Waals surface area contributed by atoms with Crippen LogP contribution in [0.1, 0.15) is 84.7 Å². The summed E-state index contributed by atoms with van der Waals surface area (Å²) in [6.07, 6.45) is 4.43. The molecule has 4 fully saturated rings. The van der Waals surface area contributed by atoms with Crippen molar-refractivity contribution < 1.29 is 38.3 Å². The number of piperidine rings is 1. The monoisotopic (exact) mass is 750 g/mol. The molecule has 4 aliphatic rings. The third-order valence-corrected chi connectivity index (χ3v) is 11.9. The van der Waals surface area contributed by atoms with E-state index in [-0.39, 0.29) is 59.3 Å². The van der Waals surface area contributed by atoms with Gasteiger partial charge in [0.1, 0.15) is 24.2 Å². The molecule has 54 heavy (non-hydrogen) atoms. The average molecular weight is 751 g/mol. The van der Waals surface area contributed by atoms with E-state index in [1.165, 1.54) is 4.90 Å². The Kier molecular flexibility index (Phi) is 12.7. The number of likely N-dealkylation sites (N-methyl/N-ethyl adjacent to an activating group) is 1. The number of amides is 6. The van der Waals surface area contributed by atoms with Crippen LogP contribution in [0.3, 0.4) is 0 Å². The number of fused-ring (bicyclic) bond motifs is 1. The van der Waals surface area contributed by atoms with Crippen molar-refractivity contribution in [2.45, 2.75) is 97.3 Å². The number of carbonyl (C=O) groups excluding carboxylic acids is 7. The molecule has 1 aromatic carbocycles. The number of ketones is 1. The van der Waals surface area contributed by atoms with Crippen molar-refractivity contribution in [3.05, 3.63) is 35.9 Å². The molecule has 1 heterocycles. The minimum atomic E-state index is -1.15. The average Bonchev–Trinajstić information content (AvgIpc) is 3.92. The van der Waals surface area contributed by atoms with Crippen LogP contribution in [0.4, 0.5) is 4.79 Å². The maximum Gasteiger partial charge on any atom is 0.407 e. The summed E-state index contributed by atoms with van der Waals surface area (Å²) in [6, 6.07) is 4.79. The molecule has 296 valence electrons. The van der Waals surface area contributed by atoms with Crippen molar-refractivity contribution in [3.63, 3.8) is 0 Å². The van der Waals surface area contributed by atoms with E-state index >= 15 is 0 Å². The highest BCUT2D eigenvalue weighted by Crippen LogP contribution is 2.65. The molecule has 3 saturated carbocycles. The van der Waals surface area contributed by atoms with Crippen LogP contribution in [0.25, 0.3) is 0 Å². The second-order valence-electron chi connectivity index (χ2n) is 17.0. The van der Waals surface area contributed by atoms with Crippen LogP contribution in [0.2, 0.25) is 0 Å². The van der Waals surface area contributed by atoms with Gasteiger partial charge in [-0.3, -0.25) is 28.8 Å². The molecule has 4 N–H and O–H groups in total. The molecule has 14 heteroatoms. The number of Topliss-reactive ketones (excluding diaryl/α,β-unsaturated/α-hetero) is 1. The number of likely N-dealkylation sites (tertiary alicyclic amines) is 1. The van der Waals surface area contributed by atoms with Crippen LogP contribution in [0.5, 0.6) is 0 Å². The fourth-order valence-corrected chi connectivity index (χ4v) is 8.46. The highest BCUT2D eigenvalue weighted by atomic mass is 16.5. The van der Waals surface area contributed by atoms with Gasteiger partial charge in [-0.15, -0.1) is 0 Å². The van der Waals surface area contributed by atoms with Gasteiger partial charge in [0, 0.05) is 20.6 Å². The summed E-state index contributed by atoms with van der Waals surface area (Å²) in [6.45, 7) is 9.89. The van der Waals surface area contributed by atoms with Gasteiger partial charge in [0.2, 0.25) is 29.4 Å². The standard InChI is InChI=1S/C40H58N6O8/c1-22(2)21-54-39(53)44-31(25-16-12-9-13-17-25)38(52)46-20-27-29(40(27,4)5)33(46)35(49)43-32(26-18-23(26)3)34(48)36(50)41-19-28(47)42-30(37(51)45(6)7)24-14-10-8-11-15-24/h8,10-11,14-15,22-23,25-27,29-33H,9,12-13,16-21H2,1-7H3,(H,41,50)(H,42,47)(H,43,49)(H,44,53)/t23-,26-,27-,29-,30?,31-,32-,33-/m0/s1. The van der Waals surface area contributed by atoms with E-state index in [0.717, 1.165) is 32.1 Å². The van der Waals surface area contributed by atoms with Gasteiger partial charge in [-0.25, -0.2) is 4.79 Å². The largest absolute Gasteiger partial charge is 0.449 e. The molecule has 5 rings (SSSR count). The number of hydrogen-bond acceptors (Lipinski definition) is 8. The molecule has 1 saturated heterocycles. The third kappa shape index (κ3) is 9.23. The molecule has 14 nitrogen and oxygen atoms in total. The summed E-state index contributed by atoms with van der Waals surface area (Å²) in [5, 5.41) is 10.7. The molecule has 0 aromatic heterocycles. The molecule has 1 unspecified atom stereocenters. The molecular formula is C40H58N6O8. The van der Waals surface area contributed by atoms with Gasteiger partial charge in [-0.2, -0.15) is 0 Å². The van der Waals surface area contributed by atoms with Crippen LogP contribution in [0, 0.1) is 40.9 Å². The maximum atomic E-state index is 14.4. The van der Waals surface area contributed by atoms with E-state index < -0.39 is 60.3 Å². The second-order valence-corrected chi connectivity index (χ2v) is 17.0. The Bertz CT molecular complexity index is 1590. The Hall–Kier alpha value is -4.49. The Morgan fingerprint density at radius 3 is 2.17 bits per heavy atom. The van der Waals surface area contributed by atoms with E-state index in [0.29, 0.717) is 18.5 Å². The van der Waals surface area contributed by atoms with Crippen molar-refractivity contribution in [2.24, 2.45) is 40.9 Å². The minimum absolute atomic E-state index is 0.0620. The van der Waals surface area contributed by atoms with Gasteiger partial charge in [0.15, 0.2) is 0 Å². The van der Waals surface area contributed by atoms with Gasteiger partial charge in [0.05, 0.1) is 13.2 Å². The summed E-state index contributed by atoms with van der Waals surface area (Å²) in [4.78, 5) is 97.3. The van der Waals surface area contributed by atoms with E-state index in [9.17, 15) is 33.6 Å². The van der Waals surface area contributed by atoms with Crippen LogP contribution in [-0.4, -0.2) is 103 Å². The minimum Gasteiger partial charge on any atom is -0.449 e. The first-order valence-electron chi connectivity index (χ1n) is 19.4. The number of nitrogens with zero attached hydrogens (tertiary/aromatic N) is 2. The van der Waals surface area contributed by atoms with E-state index in [1.807, 2.05) is 20.8 Å². The van der Waals surface area contributed by atoms with Crippen molar-refractivity contribution in [1.29, 1.82) is 0 Å². The number of rotatable bonds is 15. The molecule has 3 aliphatic carbocycles. The Balaban J connectivity index is 1.27. The van der Waals surface area contributed by atoms with Crippen molar-refractivity contribution in [2.75, 3.05) is 33.8 Å². The van der Waals surface area contributed by atoms with E-state index in [4.69, 9.17) is 4.74 Å². The smallest absolute Gasteiger partial charge is 0.407 e. The topological polar surface area (TPSA) is 183 Å². The van der Waals surface area contributed by atoms with Gasteiger partial charge in [0.25, 0.3) is 5.91 Å². The number of benzene rings is 1. The van der Waals surface area contributed by atoms with Crippen molar-refractivity contribution >= 4 is 41.4 Å². The number of hydrogen-bond donors (Lipinski definition) is 4. The molecule has 6 amide bonds. The van der Waals surface area contributed by atoms with Crippen LogP contribution >= 0.6 is 0 Å². The fourth-order valence-electron chi connectivity index (χ4n) is 8.46. The zero-order valence-electron chi connectivity index (χ0n) is 32.7. The highest BCUT2D eigenvalue weighted by Gasteiger charge is 2.70. The van der Waals surface area contributed by atoms with Gasteiger partial charge in [-0.05, 0) is 65.7 Å².